The van der Waals surface area contributed by atoms with Crippen LogP contribution in [0.2, 0.25) is 0 Å². The number of hydrogen-bond donors (Lipinski definition) is 0. The van der Waals surface area contributed by atoms with E-state index in [1.54, 1.807) is 0 Å². The Balaban J connectivity index is 1.36. The van der Waals surface area contributed by atoms with Gasteiger partial charge in [0.2, 0.25) is 0 Å². The molecule has 0 amide bonds. The molecular weight excluding hydrogens is 454 g/mol. The average Bonchev–Trinajstić information content (AvgIpc) is 2.93. The van der Waals surface area contributed by atoms with Gasteiger partial charge in [0.15, 0.2) is 0 Å². The molecule has 0 aliphatic heterocycles. The molecule has 1 aliphatic carbocycles. The number of hydrogen-bond acceptors (Lipinski definition) is 3. The molecule has 3 rings (SSSR count). The molecule has 3 nitrogen and oxygen atoms in total. The third kappa shape index (κ3) is 11.0. The predicted molar refractivity (Wildman–Crippen MR) is 156 cm³/mol. The second kappa shape index (κ2) is 17.4. The van der Waals surface area contributed by atoms with Gasteiger partial charge in [-0.1, -0.05) is 97.0 Å². The van der Waals surface area contributed by atoms with Crippen LogP contribution in [0.4, 0.5) is 0 Å². The van der Waals surface area contributed by atoms with E-state index in [0.29, 0.717) is 5.75 Å². The summed E-state index contributed by atoms with van der Waals surface area (Å²) < 4.78 is 5.75. The summed E-state index contributed by atoms with van der Waals surface area (Å²) in [6.07, 6.45) is 24.9. The maximum absolute atomic E-state index is 12.7. The minimum absolute atomic E-state index is 0.0537. The highest BCUT2D eigenvalue weighted by molar-refractivity contribution is 5.75. The Morgan fingerprint density at radius 3 is 2.00 bits per heavy atom. The molecule has 0 saturated heterocycles. The van der Waals surface area contributed by atoms with Crippen molar-refractivity contribution in [2.24, 2.45) is 11.8 Å². The van der Waals surface area contributed by atoms with Gasteiger partial charge in [-0.15, -0.1) is 0 Å². The molecule has 0 unspecified atom stereocenters. The number of nitrogens with zero attached hydrogens (tertiary/aromatic N) is 1. The number of esters is 1. The van der Waals surface area contributed by atoms with E-state index in [0.717, 1.165) is 36.4 Å². The lowest BCUT2D eigenvalue weighted by Gasteiger charge is -2.27. The van der Waals surface area contributed by atoms with Gasteiger partial charge in [0.25, 0.3) is 0 Å². The Hall–Kier alpha value is -2.16. The molecule has 1 aromatic heterocycles. The molecule has 1 saturated carbocycles. The van der Waals surface area contributed by atoms with Crippen LogP contribution in [0.25, 0.3) is 11.3 Å². The van der Waals surface area contributed by atoms with Crippen molar-refractivity contribution in [3.63, 3.8) is 0 Å². The van der Waals surface area contributed by atoms with Crippen LogP contribution in [-0.4, -0.2) is 11.0 Å². The number of carbonyl (C=O) groups excluding carboxylic acids is 1. The highest BCUT2D eigenvalue weighted by Crippen LogP contribution is 2.33. The summed E-state index contributed by atoms with van der Waals surface area (Å²) in [4.78, 5) is 17.4. The Labute approximate surface area is 226 Å². The van der Waals surface area contributed by atoms with Crippen molar-refractivity contribution in [2.75, 3.05) is 0 Å². The van der Waals surface area contributed by atoms with Crippen molar-refractivity contribution in [1.82, 2.24) is 4.98 Å². The lowest BCUT2D eigenvalue weighted by atomic mass is 9.80. The van der Waals surface area contributed by atoms with Gasteiger partial charge in [-0.3, -0.25) is 9.78 Å². The number of aryl methyl sites for hydroxylation is 1. The summed E-state index contributed by atoms with van der Waals surface area (Å²) in [5.74, 6) is 1.45. The predicted octanol–water partition coefficient (Wildman–Crippen LogP) is 10.1. The summed E-state index contributed by atoms with van der Waals surface area (Å²) in [6.45, 7) is 4.53. The summed E-state index contributed by atoms with van der Waals surface area (Å²) in [5.41, 5.74) is 3.34. The van der Waals surface area contributed by atoms with E-state index in [9.17, 15) is 4.79 Å². The van der Waals surface area contributed by atoms with E-state index >= 15 is 0 Å². The first-order valence-electron chi connectivity index (χ1n) is 15.5. The zero-order valence-electron chi connectivity index (χ0n) is 23.7. The van der Waals surface area contributed by atoms with Crippen LogP contribution >= 0.6 is 0 Å². The Kier molecular flexibility index (Phi) is 13.8. The minimum atomic E-state index is -0.0537. The van der Waals surface area contributed by atoms with Gasteiger partial charge in [0, 0.05) is 11.8 Å². The number of pyridine rings is 1. The fourth-order valence-corrected chi connectivity index (χ4v) is 5.65. The highest BCUT2D eigenvalue weighted by atomic mass is 16.5. The monoisotopic (exact) mass is 505 g/mol. The van der Waals surface area contributed by atoms with E-state index in [2.05, 4.69) is 31.0 Å². The lowest BCUT2D eigenvalue weighted by molar-refractivity contribution is -0.140. The van der Waals surface area contributed by atoms with Gasteiger partial charge >= 0.3 is 5.97 Å². The molecule has 37 heavy (non-hydrogen) atoms. The van der Waals surface area contributed by atoms with Crippen LogP contribution in [0.15, 0.2) is 42.6 Å². The van der Waals surface area contributed by atoms with Crippen molar-refractivity contribution < 1.29 is 9.53 Å². The van der Waals surface area contributed by atoms with Crippen LogP contribution in [0.3, 0.4) is 0 Å². The maximum atomic E-state index is 12.7. The van der Waals surface area contributed by atoms with E-state index in [1.165, 1.54) is 102 Å². The number of benzene rings is 1. The normalized spacial score (nSPS) is 17.6. The summed E-state index contributed by atoms with van der Waals surface area (Å²) in [7, 11) is 0. The van der Waals surface area contributed by atoms with Gasteiger partial charge in [-0.05, 0) is 80.3 Å². The average molecular weight is 506 g/mol. The first-order chi connectivity index (χ1) is 18.2. The number of aromatic nitrogens is 1. The fourth-order valence-electron chi connectivity index (χ4n) is 5.65. The Morgan fingerprint density at radius 1 is 0.757 bits per heavy atom. The van der Waals surface area contributed by atoms with Crippen molar-refractivity contribution in [3.05, 3.63) is 48.2 Å². The summed E-state index contributed by atoms with van der Waals surface area (Å²) in [5, 5.41) is 0. The molecule has 0 radical (unpaired) electrons. The maximum Gasteiger partial charge on any atom is 0.314 e. The number of unbranched alkanes of at least 4 members (excludes halogenated alkanes) is 10. The van der Waals surface area contributed by atoms with Gasteiger partial charge < -0.3 is 4.74 Å². The molecule has 2 aromatic rings. The van der Waals surface area contributed by atoms with Crippen molar-refractivity contribution in [1.29, 1.82) is 0 Å². The first-order valence-corrected chi connectivity index (χ1v) is 15.5. The van der Waals surface area contributed by atoms with E-state index in [-0.39, 0.29) is 11.9 Å². The molecule has 204 valence electrons. The van der Waals surface area contributed by atoms with Gasteiger partial charge in [-0.25, -0.2) is 0 Å². The SMILES string of the molecule is CCCCCCCCCc1ccc(-c2ccc(OC(=O)[C@H]3CC[C@H](CCCCCCC)CC3)cc2)nc1. The molecule has 3 heteroatoms. The zero-order chi connectivity index (χ0) is 26.1. The van der Waals surface area contributed by atoms with Crippen LogP contribution < -0.4 is 4.74 Å². The molecule has 1 aromatic carbocycles. The lowest BCUT2D eigenvalue weighted by Crippen LogP contribution is -2.25. The zero-order valence-corrected chi connectivity index (χ0v) is 23.7. The number of rotatable bonds is 17. The van der Waals surface area contributed by atoms with E-state index < -0.39 is 0 Å². The third-order valence-electron chi connectivity index (χ3n) is 8.16. The summed E-state index contributed by atoms with van der Waals surface area (Å²) in [6, 6.07) is 12.1. The quantitative estimate of drug-likeness (QED) is 0.122. The topological polar surface area (TPSA) is 39.2 Å². The molecule has 0 spiro atoms. The smallest absolute Gasteiger partial charge is 0.314 e. The van der Waals surface area contributed by atoms with E-state index in [1.807, 2.05) is 30.5 Å². The second-order valence-corrected chi connectivity index (χ2v) is 11.3. The minimum Gasteiger partial charge on any atom is -0.426 e. The van der Waals surface area contributed by atoms with Crippen LogP contribution in [0.5, 0.6) is 5.75 Å². The molecule has 0 N–H and O–H groups in total. The van der Waals surface area contributed by atoms with Gasteiger partial charge in [-0.2, -0.15) is 0 Å². The molecule has 1 fully saturated rings. The number of ether oxygens (including phenoxy) is 1. The summed E-state index contributed by atoms with van der Waals surface area (Å²) >= 11 is 0. The Bertz CT molecular complexity index is 866. The Morgan fingerprint density at radius 2 is 1.38 bits per heavy atom. The largest absolute Gasteiger partial charge is 0.426 e. The third-order valence-corrected chi connectivity index (χ3v) is 8.16. The van der Waals surface area contributed by atoms with E-state index in [4.69, 9.17) is 4.74 Å². The molecule has 1 heterocycles. The van der Waals surface area contributed by atoms with Crippen molar-refractivity contribution in [3.8, 4) is 17.0 Å². The second-order valence-electron chi connectivity index (χ2n) is 11.3. The van der Waals surface area contributed by atoms with Crippen molar-refractivity contribution in [2.45, 2.75) is 129 Å². The molecular formula is C34H51NO2. The van der Waals surface area contributed by atoms with Crippen LogP contribution in [0.1, 0.15) is 129 Å². The van der Waals surface area contributed by atoms with Gasteiger partial charge in [0.1, 0.15) is 5.75 Å². The van der Waals surface area contributed by atoms with Crippen LogP contribution in [0, 0.1) is 11.8 Å². The first kappa shape index (κ1) is 29.4. The van der Waals surface area contributed by atoms with Crippen LogP contribution in [-0.2, 0) is 11.2 Å². The standard InChI is InChI=1S/C34H51NO2/c1-3-5-7-9-10-12-14-16-29-19-26-33(35-27-29)30-22-24-32(25-23-30)37-34(36)31-20-17-28(18-21-31)15-13-11-8-6-4-2/h19,22-28,31H,3-18,20-21H2,1-2H3/t28-,31-. The van der Waals surface area contributed by atoms with Gasteiger partial charge in [0.05, 0.1) is 11.6 Å². The highest BCUT2D eigenvalue weighted by Gasteiger charge is 2.27. The molecule has 1 aliphatic rings. The number of carbonyl (C=O) groups is 1. The van der Waals surface area contributed by atoms with Crippen molar-refractivity contribution >= 4 is 5.97 Å². The molecule has 0 bridgehead atoms. The fraction of sp³-hybridized carbons (Fsp3) is 0.647. The molecule has 0 atom stereocenters.